The van der Waals surface area contributed by atoms with E-state index < -0.39 is 29.5 Å². The Hall–Kier alpha value is -4.71. The minimum absolute atomic E-state index is 0.0270. The Morgan fingerprint density at radius 1 is 0.978 bits per heavy atom. The van der Waals surface area contributed by atoms with Crippen LogP contribution in [0.3, 0.4) is 0 Å². The van der Waals surface area contributed by atoms with Gasteiger partial charge in [0.05, 0.1) is 24.3 Å². The number of ether oxygens (including phenoxy) is 2. The van der Waals surface area contributed by atoms with Gasteiger partial charge in [-0.3, -0.25) is 4.79 Å². The molecular formula is C36H40FN3O5. The van der Waals surface area contributed by atoms with E-state index in [0.29, 0.717) is 36.9 Å². The van der Waals surface area contributed by atoms with Crippen molar-refractivity contribution in [1.82, 2.24) is 10.6 Å². The first-order chi connectivity index (χ1) is 21.5. The molecule has 9 heteroatoms. The third-order valence-corrected chi connectivity index (χ3v) is 7.97. The molecule has 1 aliphatic rings. The van der Waals surface area contributed by atoms with E-state index in [1.54, 1.807) is 24.3 Å². The second kappa shape index (κ2) is 14.8. The highest BCUT2D eigenvalue weighted by Gasteiger charge is 2.29. The summed E-state index contributed by atoms with van der Waals surface area (Å²) in [7, 11) is 1.33. The number of nitriles is 1. The number of hydrogen-bond donors (Lipinski definition) is 2. The highest BCUT2D eigenvalue weighted by molar-refractivity contribution is 5.89. The molecule has 1 fully saturated rings. The first kappa shape index (κ1) is 33.2. The predicted molar refractivity (Wildman–Crippen MR) is 169 cm³/mol. The summed E-state index contributed by atoms with van der Waals surface area (Å²) >= 11 is 0. The number of hydrogen-bond acceptors (Lipinski definition) is 6. The zero-order valence-corrected chi connectivity index (χ0v) is 26.2. The van der Waals surface area contributed by atoms with Gasteiger partial charge in [-0.1, -0.05) is 36.4 Å². The van der Waals surface area contributed by atoms with Crippen LogP contribution in [0.5, 0.6) is 0 Å². The Balaban J connectivity index is 1.50. The van der Waals surface area contributed by atoms with E-state index in [4.69, 9.17) is 14.7 Å². The van der Waals surface area contributed by atoms with Crippen LogP contribution in [-0.4, -0.2) is 37.2 Å². The van der Waals surface area contributed by atoms with E-state index in [1.165, 1.54) is 19.2 Å². The van der Waals surface area contributed by atoms with Crippen molar-refractivity contribution < 1.29 is 28.2 Å². The molecule has 0 radical (unpaired) electrons. The zero-order chi connectivity index (χ0) is 32.6. The fourth-order valence-corrected chi connectivity index (χ4v) is 5.61. The molecule has 0 aromatic heterocycles. The molecule has 4 rings (SSSR count). The van der Waals surface area contributed by atoms with Crippen LogP contribution in [0.4, 0.5) is 9.18 Å². The maximum absolute atomic E-state index is 14.4. The fourth-order valence-electron chi connectivity index (χ4n) is 5.61. The van der Waals surface area contributed by atoms with Crippen LogP contribution >= 0.6 is 0 Å². The standard InChI is InChI=1S/C36H40FN3O5/c1-36(2,3)45-35(43)39-22-23-11-13-25(14-12-23)33(41)40-32(18-24-7-5-10-29(17-24)34(42)44-4)28-9-6-8-26(19-28)27-15-16-30(21-38)31(37)20-27/h5-10,15-17,19-20,23,25,32H,11-14,18,22H2,1-4H3,(H,39,43)(H,40,41). The lowest BCUT2D eigenvalue weighted by Crippen LogP contribution is -2.39. The number of benzene rings is 3. The van der Waals surface area contributed by atoms with E-state index in [9.17, 15) is 18.8 Å². The quantitative estimate of drug-likeness (QED) is 0.254. The average Bonchev–Trinajstić information content (AvgIpc) is 3.02. The highest BCUT2D eigenvalue weighted by Crippen LogP contribution is 2.31. The minimum Gasteiger partial charge on any atom is -0.465 e. The van der Waals surface area contributed by atoms with Gasteiger partial charge in [0.1, 0.15) is 17.5 Å². The van der Waals surface area contributed by atoms with E-state index >= 15 is 0 Å². The number of alkyl carbamates (subject to hydrolysis) is 1. The summed E-state index contributed by atoms with van der Waals surface area (Å²) in [6.07, 6.45) is 2.98. The molecule has 0 saturated heterocycles. The van der Waals surface area contributed by atoms with Gasteiger partial charge in [0, 0.05) is 12.5 Å². The maximum Gasteiger partial charge on any atom is 0.407 e. The summed E-state index contributed by atoms with van der Waals surface area (Å²) in [5, 5.41) is 15.2. The lowest BCUT2D eigenvalue weighted by molar-refractivity contribution is -0.127. The number of carbonyl (C=O) groups is 3. The number of rotatable bonds is 9. The van der Waals surface area contributed by atoms with Crippen LogP contribution in [-0.2, 0) is 20.7 Å². The molecule has 0 spiro atoms. The number of esters is 1. The van der Waals surface area contributed by atoms with E-state index in [0.717, 1.165) is 29.5 Å². The second-order valence-corrected chi connectivity index (χ2v) is 12.5. The molecule has 2 N–H and O–H groups in total. The van der Waals surface area contributed by atoms with Crippen molar-refractivity contribution >= 4 is 18.0 Å². The molecular weight excluding hydrogens is 573 g/mol. The summed E-state index contributed by atoms with van der Waals surface area (Å²) in [5.41, 5.74) is 2.86. The molecule has 3 aromatic carbocycles. The molecule has 0 bridgehead atoms. The molecule has 1 unspecified atom stereocenters. The van der Waals surface area contributed by atoms with E-state index in [-0.39, 0.29) is 23.3 Å². The number of methoxy groups -OCH3 is 1. The average molecular weight is 614 g/mol. The van der Waals surface area contributed by atoms with Crippen molar-refractivity contribution in [3.05, 3.63) is 94.8 Å². The molecule has 1 aliphatic carbocycles. The number of carbonyl (C=O) groups excluding carboxylic acids is 3. The third kappa shape index (κ3) is 9.39. The van der Waals surface area contributed by atoms with Crippen molar-refractivity contribution in [2.24, 2.45) is 11.8 Å². The van der Waals surface area contributed by atoms with Gasteiger partial charge in [-0.05, 0) is 111 Å². The summed E-state index contributed by atoms with van der Waals surface area (Å²) in [5.74, 6) is -1.01. The monoisotopic (exact) mass is 613 g/mol. The topological polar surface area (TPSA) is 118 Å². The maximum atomic E-state index is 14.4. The Labute approximate surface area is 263 Å². The summed E-state index contributed by atoms with van der Waals surface area (Å²) in [6, 6.07) is 20.6. The SMILES string of the molecule is COC(=O)c1cccc(CC(NC(=O)C2CCC(CNC(=O)OC(C)(C)C)CC2)c2cccc(-c3ccc(C#N)c(F)c3)c2)c1. The molecule has 45 heavy (non-hydrogen) atoms. The Kier molecular flexibility index (Phi) is 10.9. The number of amides is 2. The van der Waals surface area contributed by atoms with Gasteiger partial charge < -0.3 is 20.1 Å². The summed E-state index contributed by atoms with van der Waals surface area (Å²) < 4.78 is 24.6. The molecule has 3 aromatic rings. The molecule has 236 valence electrons. The zero-order valence-electron chi connectivity index (χ0n) is 26.2. The van der Waals surface area contributed by atoms with Gasteiger partial charge in [0.2, 0.25) is 5.91 Å². The lowest BCUT2D eigenvalue weighted by atomic mass is 9.81. The Morgan fingerprint density at radius 3 is 2.36 bits per heavy atom. The molecule has 8 nitrogen and oxygen atoms in total. The third-order valence-electron chi connectivity index (χ3n) is 7.97. The first-order valence-electron chi connectivity index (χ1n) is 15.2. The number of nitrogens with zero attached hydrogens (tertiary/aromatic N) is 1. The smallest absolute Gasteiger partial charge is 0.407 e. The van der Waals surface area contributed by atoms with Crippen LogP contribution in [0.25, 0.3) is 11.1 Å². The van der Waals surface area contributed by atoms with Gasteiger partial charge in [-0.15, -0.1) is 0 Å². The van der Waals surface area contributed by atoms with Crippen molar-refractivity contribution in [2.45, 2.75) is 64.5 Å². The number of nitrogens with one attached hydrogen (secondary N) is 2. The minimum atomic E-state index is -0.596. The van der Waals surface area contributed by atoms with Crippen LogP contribution in [0, 0.1) is 29.0 Å². The summed E-state index contributed by atoms with van der Waals surface area (Å²) in [6.45, 7) is 5.97. The summed E-state index contributed by atoms with van der Waals surface area (Å²) in [4.78, 5) is 37.9. The molecule has 1 atom stereocenters. The molecule has 0 aliphatic heterocycles. The molecule has 2 amide bonds. The van der Waals surface area contributed by atoms with Gasteiger partial charge >= 0.3 is 12.1 Å². The lowest BCUT2D eigenvalue weighted by Gasteiger charge is -2.30. The van der Waals surface area contributed by atoms with Crippen molar-refractivity contribution in [3.63, 3.8) is 0 Å². The van der Waals surface area contributed by atoms with Crippen LogP contribution in [0.1, 0.15) is 79.5 Å². The van der Waals surface area contributed by atoms with Crippen LogP contribution in [0.15, 0.2) is 66.7 Å². The van der Waals surface area contributed by atoms with Crippen molar-refractivity contribution in [1.29, 1.82) is 5.26 Å². The molecule has 1 saturated carbocycles. The van der Waals surface area contributed by atoms with Crippen LogP contribution in [0.2, 0.25) is 0 Å². The van der Waals surface area contributed by atoms with Gasteiger partial charge in [-0.2, -0.15) is 5.26 Å². The number of halogens is 1. The highest BCUT2D eigenvalue weighted by atomic mass is 19.1. The second-order valence-electron chi connectivity index (χ2n) is 12.5. The van der Waals surface area contributed by atoms with Crippen molar-refractivity contribution in [2.75, 3.05) is 13.7 Å². The van der Waals surface area contributed by atoms with Gasteiger partial charge in [0.25, 0.3) is 0 Å². The van der Waals surface area contributed by atoms with E-state index in [1.807, 2.05) is 57.2 Å². The van der Waals surface area contributed by atoms with Crippen LogP contribution < -0.4 is 10.6 Å². The predicted octanol–water partition coefficient (Wildman–Crippen LogP) is 6.88. The molecule has 0 heterocycles. The largest absolute Gasteiger partial charge is 0.465 e. The van der Waals surface area contributed by atoms with Gasteiger partial charge in [0.15, 0.2) is 0 Å². The Bertz CT molecular complexity index is 1570. The first-order valence-corrected chi connectivity index (χ1v) is 15.2. The Morgan fingerprint density at radius 2 is 1.69 bits per heavy atom. The van der Waals surface area contributed by atoms with E-state index in [2.05, 4.69) is 10.6 Å². The normalized spacial score (nSPS) is 17.0. The fraction of sp³-hybridized carbons (Fsp3) is 0.389. The van der Waals surface area contributed by atoms with Gasteiger partial charge in [-0.25, -0.2) is 14.0 Å². The van der Waals surface area contributed by atoms with Crippen molar-refractivity contribution in [3.8, 4) is 17.2 Å².